The molecule has 8 heteroatoms. The van der Waals surface area contributed by atoms with Crippen LogP contribution in [-0.4, -0.2) is 34.7 Å². The second-order valence-electron chi connectivity index (χ2n) is 6.98. The number of carbonyl (C=O) groups is 1. The lowest BCUT2D eigenvalue weighted by molar-refractivity contribution is -0.114. The zero-order valence-electron chi connectivity index (χ0n) is 16.5. The number of carbonyl (C=O) groups excluding carboxylic acids is 1. The maximum atomic E-state index is 12.5. The smallest absolute Gasteiger partial charge is 0.247 e. The zero-order chi connectivity index (χ0) is 20.8. The van der Waals surface area contributed by atoms with Gasteiger partial charge in [-0.25, -0.2) is 4.98 Å². The Kier molecular flexibility index (Phi) is 6.82. The lowest BCUT2D eigenvalue weighted by Crippen LogP contribution is -2.30. The number of Topliss-reactive ketones (excluding diaryl/α,β-unsaturated/α-hetero) is 1. The van der Waals surface area contributed by atoms with Gasteiger partial charge >= 0.3 is 0 Å². The third-order valence-corrected chi connectivity index (χ3v) is 5.00. The van der Waals surface area contributed by atoms with Gasteiger partial charge in [0, 0.05) is 49.2 Å². The van der Waals surface area contributed by atoms with Crippen molar-refractivity contribution < 1.29 is 4.79 Å². The zero-order valence-corrected chi connectivity index (χ0v) is 17.2. The van der Waals surface area contributed by atoms with E-state index in [-0.39, 0.29) is 23.7 Å². The van der Waals surface area contributed by atoms with Crippen molar-refractivity contribution >= 4 is 29.0 Å². The summed E-state index contributed by atoms with van der Waals surface area (Å²) in [6, 6.07) is 5.08. The molecule has 152 valence electrons. The highest BCUT2D eigenvalue weighted by Crippen LogP contribution is 2.25. The van der Waals surface area contributed by atoms with E-state index >= 15 is 0 Å². The average molecular weight is 414 g/mol. The van der Waals surface area contributed by atoms with Crippen LogP contribution in [0.25, 0.3) is 0 Å². The number of H-pyrrole nitrogens is 1. The largest absolute Gasteiger partial charge is 0.370 e. The van der Waals surface area contributed by atoms with Crippen molar-refractivity contribution in [1.29, 1.82) is 0 Å². The summed E-state index contributed by atoms with van der Waals surface area (Å²) in [6.07, 6.45) is 6.06. The van der Waals surface area contributed by atoms with E-state index in [4.69, 9.17) is 11.6 Å². The normalized spacial score (nSPS) is 16.3. The molecular weight excluding hydrogens is 390 g/mol. The highest BCUT2D eigenvalue weighted by atomic mass is 35.5. The molecule has 1 unspecified atom stereocenters. The molecule has 2 aromatic heterocycles. The summed E-state index contributed by atoms with van der Waals surface area (Å²) in [7, 11) is 0. The molecule has 1 atom stereocenters. The molecule has 0 bridgehead atoms. The minimum atomic E-state index is -0.158. The number of rotatable bonds is 7. The summed E-state index contributed by atoms with van der Waals surface area (Å²) in [4.78, 5) is 35.1. The van der Waals surface area contributed by atoms with E-state index in [2.05, 4.69) is 25.6 Å². The van der Waals surface area contributed by atoms with Gasteiger partial charge in [0.15, 0.2) is 5.78 Å². The van der Waals surface area contributed by atoms with Crippen LogP contribution in [0.1, 0.15) is 36.8 Å². The molecule has 2 aromatic rings. The first-order valence-corrected chi connectivity index (χ1v) is 9.89. The lowest BCUT2D eigenvalue weighted by Gasteiger charge is -2.20. The standard InChI is InChI=1S/C21H24ClN5O2/c1-13-8-16(22)11-27-21(13)24-7-3-6-23-19-9-18(28)17(12-25-19)14(2)15-4-5-20(29)26-10-15/h4-5,8,10-12,14H,3,6-7,9H2,1-2H3,(H,23,25)(H,24,27)(H,26,29). The number of nitrogens with zero attached hydrogens (tertiary/aromatic N) is 2. The molecule has 0 aliphatic carbocycles. The Labute approximate surface area is 174 Å². The maximum Gasteiger partial charge on any atom is 0.247 e. The minimum absolute atomic E-state index is 0.0420. The summed E-state index contributed by atoms with van der Waals surface area (Å²) in [5, 5.41) is 7.02. The van der Waals surface area contributed by atoms with Gasteiger partial charge in [0.1, 0.15) is 11.7 Å². The van der Waals surface area contributed by atoms with E-state index in [0.717, 1.165) is 29.9 Å². The van der Waals surface area contributed by atoms with Crippen LogP contribution in [0.2, 0.25) is 5.02 Å². The number of aliphatic imine (C=N–C) groups is 1. The van der Waals surface area contributed by atoms with Gasteiger partial charge in [-0.1, -0.05) is 24.6 Å². The number of anilines is 1. The number of allylic oxidation sites excluding steroid dienone is 1. The van der Waals surface area contributed by atoms with Crippen molar-refractivity contribution in [2.45, 2.75) is 32.6 Å². The SMILES string of the molecule is Cc1cc(Cl)cnc1NCCCN=C1CC(=O)C(C(C)c2ccc(=O)[nH]c2)=CN1. The summed E-state index contributed by atoms with van der Waals surface area (Å²) in [6.45, 7) is 5.23. The molecule has 0 radical (unpaired) electrons. The monoisotopic (exact) mass is 413 g/mol. The Morgan fingerprint density at radius 2 is 2.17 bits per heavy atom. The highest BCUT2D eigenvalue weighted by Gasteiger charge is 2.23. The Morgan fingerprint density at radius 1 is 1.34 bits per heavy atom. The molecule has 0 aromatic carbocycles. The molecule has 0 saturated heterocycles. The molecule has 7 nitrogen and oxygen atoms in total. The van der Waals surface area contributed by atoms with Crippen molar-refractivity contribution in [3.8, 4) is 0 Å². The van der Waals surface area contributed by atoms with Crippen molar-refractivity contribution in [2.24, 2.45) is 4.99 Å². The van der Waals surface area contributed by atoms with Crippen LogP contribution < -0.4 is 16.2 Å². The highest BCUT2D eigenvalue weighted by molar-refractivity contribution is 6.30. The Bertz CT molecular complexity index is 992. The number of nitrogens with one attached hydrogen (secondary N) is 3. The first-order chi connectivity index (χ1) is 13.9. The topological polar surface area (TPSA) is 99.2 Å². The predicted octanol–water partition coefficient (Wildman–Crippen LogP) is 3.18. The molecule has 3 heterocycles. The molecule has 0 amide bonds. The fourth-order valence-electron chi connectivity index (χ4n) is 3.11. The van der Waals surface area contributed by atoms with E-state index < -0.39 is 0 Å². The van der Waals surface area contributed by atoms with Gasteiger partial charge in [0.25, 0.3) is 0 Å². The van der Waals surface area contributed by atoms with Gasteiger partial charge in [-0.05, 0) is 30.5 Å². The first-order valence-electron chi connectivity index (χ1n) is 9.52. The number of aromatic nitrogens is 2. The van der Waals surface area contributed by atoms with Crippen molar-refractivity contribution in [3.05, 3.63) is 68.9 Å². The van der Waals surface area contributed by atoms with Crippen LogP contribution >= 0.6 is 11.6 Å². The van der Waals surface area contributed by atoms with E-state index in [9.17, 15) is 9.59 Å². The van der Waals surface area contributed by atoms with Crippen LogP contribution in [-0.2, 0) is 4.79 Å². The van der Waals surface area contributed by atoms with Gasteiger partial charge in [-0.2, -0.15) is 0 Å². The van der Waals surface area contributed by atoms with Gasteiger partial charge in [-0.15, -0.1) is 0 Å². The summed E-state index contributed by atoms with van der Waals surface area (Å²) in [5.41, 5.74) is 2.41. The van der Waals surface area contributed by atoms with Crippen LogP contribution in [0, 0.1) is 6.92 Å². The van der Waals surface area contributed by atoms with E-state index in [1.165, 1.54) is 6.07 Å². The number of amidine groups is 1. The minimum Gasteiger partial charge on any atom is -0.370 e. The van der Waals surface area contributed by atoms with Crippen LogP contribution in [0.3, 0.4) is 0 Å². The van der Waals surface area contributed by atoms with Crippen LogP contribution in [0.4, 0.5) is 5.82 Å². The molecule has 3 rings (SSSR count). The van der Waals surface area contributed by atoms with Gasteiger partial charge in [-0.3, -0.25) is 14.6 Å². The summed E-state index contributed by atoms with van der Waals surface area (Å²) < 4.78 is 0. The number of pyridine rings is 2. The molecule has 3 N–H and O–H groups in total. The van der Waals surface area contributed by atoms with Gasteiger partial charge < -0.3 is 15.6 Å². The lowest BCUT2D eigenvalue weighted by atomic mass is 9.89. The molecule has 0 fully saturated rings. The number of hydrogen-bond donors (Lipinski definition) is 3. The number of aryl methyl sites for hydroxylation is 1. The summed E-state index contributed by atoms with van der Waals surface area (Å²) in [5.74, 6) is 1.43. The number of aromatic amines is 1. The molecular formula is C21H24ClN5O2. The number of halogens is 1. The predicted molar refractivity (Wildman–Crippen MR) is 116 cm³/mol. The van der Waals surface area contributed by atoms with Crippen molar-refractivity contribution in [3.63, 3.8) is 0 Å². The molecule has 0 spiro atoms. The number of hydrogen-bond acceptors (Lipinski definition) is 5. The maximum absolute atomic E-state index is 12.5. The second-order valence-corrected chi connectivity index (χ2v) is 7.42. The average Bonchev–Trinajstić information content (AvgIpc) is 2.69. The number of ketones is 1. The third-order valence-electron chi connectivity index (χ3n) is 4.79. The molecule has 1 aliphatic heterocycles. The van der Waals surface area contributed by atoms with E-state index in [1.54, 1.807) is 24.7 Å². The molecule has 1 aliphatic rings. The van der Waals surface area contributed by atoms with E-state index in [1.807, 2.05) is 19.9 Å². The Balaban J connectivity index is 1.50. The van der Waals surface area contributed by atoms with Crippen LogP contribution in [0.5, 0.6) is 0 Å². The molecule has 0 saturated carbocycles. The quantitative estimate of drug-likeness (QED) is 0.605. The fourth-order valence-corrected chi connectivity index (χ4v) is 3.32. The Morgan fingerprint density at radius 3 is 2.86 bits per heavy atom. The van der Waals surface area contributed by atoms with Crippen molar-refractivity contribution in [2.75, 3.05) is 18.4 Å². The van der Waals surface area contributed by atoms with Gasteiger partial charge in [0.2, 0.25) is 5.56 Å². The van der Waals surface area contributed by atoms with E-state index in [0.29, 0.717) is 23.0 Å². The summed E-state index contributed by atoms with van der Waals surface area (Å²) >= 11 is 5.91. The second kappa shape index (κ2) is 9.52. The third kappa shape index (κ3) is 5.54. The van der Waals surface area contributed by atoms with Gasteiger partial charge in [0.05, 0.1) is 11.4 Å². The fraction of sp³-hybridized carbons (Fsp3) is 0.333. The van der Waals surface area contributed by atoms with Crippen LogP contribution in [0.15, 0.2) is 52.2 Å². The first kappa shape index (κ1) is 20.8. The molecule has 29 heavy (non-hydrogen) atoms. The Hall–Kier alpha value is -2.93. The van der Waals surface area contributed by atoms with Crippen molar-refractivity contribution in [1.82, 2.24) is 15.3 Å².